The van der Waals surface area contributed by atoms with E-state index in [1.165, 1.54) is 23.1 Å². The average Bonchev–Trinajstić information content (AvgIpc) is 2.64. The van der Waals surface area contributed by atoms with Crippen molar-refractivity contribution >= 4 is 11.9 Å². The maximum atomic E-state index is 13.5. The average molecular weight is 234 g/mol. The van der Waals surface area contributed by atoms with Crippen LogP contribution in [0.4, 0.5) is 10.3 Å². The molecule has 88 valence electrons. The van der Waals surface area contributed by atoms with E-state index in [1.54, 1.807) is 20.0 Å². The van der Waals surface area contributed by atoms with Gasteiger partial charge in [-0.25, -0.2) is 9.07 Å². The lowest BCUT2D eigenvalue weighted by molar-refractivity contribution is 0.102. The Morgan fingerprint density at radius 1 is 1.47 bits per heavy atom. The molecule has 2 aromatic rings. The van der Waals surface area contributed by atoms with Gasteiger partial charge < -0.3 is 0 Å². The maximum absolute atomic E-state index is 13.5. The molecule has 0 aliphatic rings. The predicted molar refractivity (Wildman–Crippen MR) is 60.1 cm³/mol. The molecule has 0 spiro atoms. The van der Waals surface area contributed by atoms with E-state index in [2.05, 4.69) is 15.4 Å². The molecule has 2 rings (SSSR count). The lowest BCUT2D eigenvalue weighted by Gasteiger charge is -2.05. The summed E-state index contributed by atoms with van der Waals surface area (Å²) in [5.74, 6) is -0.821. The fraction of sp³-hybridized carbons (Fsp3) is 0.182. The molecule has 17 heavy (non-hydrogen) atoms. The number of carbonyl (C=O) groups is 1. The Balaban J connectivity index is 2.23. The number of hydrogen-bond donors (Lipinski definition) is 1. The van der Waals surface area contributed by atoms with Crippen molar-refractivity contribution in [3.63, 3.8) is 0 Å². The van der Waals surface area contributed by atoms with Crippen molar-refractivity contribution in [1.29, 1.82) is 0 Å². The Hall–Kier alpha value is -2.24. The van der Waals surface area contributed by atoms with Crippen LogP contribution in [0.1, 0.15) is 15.9 Å². The smallest absolute Gasteiger partial charge is 0.260 e. The highest BCUT2D eigenvalue weighted by atomic mass is 19.1. The van der Waals surface area contributed by atoms with Gasteiger partial charge in [-0.05, 0) is 24.6 Å². The number of aryl methyl sites for hydroxylation is 2. The van der Waals surface area contributed by atoms with Gasteiger partial charge in [-0.2, -0.15) is 10.1 Å². The van der Waals surface area contributed by atoms with E-state index in [4.69, 9.17) is 0 Å². The molecule has 0 radical (unpaired) electrons. The van der Waals surface area contributed by atoms with Crippen LogP contribution in [0.3, 0.4) is 0 Å². The van der Waals surface area contributed by atoms with E-state index in [1.807, 2.05) is 0 Å². The minimum absolute atomic E-state index is 0.0152. The zero-order valence-corrected chi connectivity index (χ0v) is 9.44. The van der Waals surface area contributed by atoms with Crippen molar-refractivity contribution in [2.75, 3.05) is 5.32 Å². The zero-order valence-electron chi connectivity index (χ0n) is 9.44. The first-order chi connectivity index (χ1) is 8.08. The SMILES string of the molecule is Cc1ccc(C(=O)Nc2ncnn2C)c(F)c1. The summed E-state index contributed by atoms with van der Waals surface area (Å²) in [6, 6.07) is 4.43. The first-order valence-corrected chi connectivity index (χ1v) is 4.99. The molecular formula is C11H11FN4O. The highest BCUT2D eigenvalue weighted by Crippen LogP contribution is 2.11. The van der Waals surface area contributed by atoms with Crippen LogP contribution in [-0.4, -0.2) is 20.7 Å². The second-order valence-electron chi connectivity index (χ2n) is 3.64. The number of hydrogen-bond acceptors (Lipinski definition) is 3. The van der Waals surface area contributed by atoms with Crippen molar-refractivity contribution in [1.82, 2.24) is 14.8 Å². The Morgan fingerprint density at radius 2 is 2.24 bits per heavy atom. The number of carbonyl (C=O) groups excluding carboxylic acids is 1. The maximum Gasteiger partial charge on any atom is 0.260 e. The number of rotatable bonds is 2. The van der Waals surface area contributed by atoms with Crippen molar-refractivity contribution in [2.24, 2.45) is 7.05 Å². The number of nitrogens with one attached hydrogen (secondary N) is 1. The topological polar surface area (TPSA) is 59.8 Å². The van der Waals surface area contributed by atoms with Crippen LogP contribution in [-0.2, 0) is 7.05 Å². The Morgan fingerprint density at radius 3 is 2.82 bits per heavy atom. The fourth-order valence-corrected chi connectivity index (χ4v) is 1.38. The fourth-order valence-electron chi connectivity index (χ4n) is 1.38. The zero-order chi connectivity index (χ0) is 12.4. The molecule has 1 N–H and O–H groups in total. The van der Waals surface area contributed by atoms with E-state index in [0.717, 1.165) is 5.56 Å². The van der Waals surface area contributed by atoms with Gasteiger partial charge >= 0.3 is 0 Å². The lowest BCUT2D eigenvalue weighted by atomic mass is 10.1. The molecular weight excluding hydrogens is 223 g/mol. The normalized spacial score (nSPS) is 10.3. The number of amides is 1. The van der Waals surface area contributed by atoms with Gasteiger partial charge in [0.25, 0.3) is 5.91 Å². The number of aromatic nitrogens is 3. The first kappa shape index (κ1) is 11.3. The van der Waals surface area contributed by atoms with Gasteiger partial charge in [0.2, 0.25) is 5.95 Å². The van der Waals surface area contributed by atoms with E-state index >= 15 is 0 Å². The largest absolute Gasteiger partial charge is 0.291 e. The number of halogens is 1. The minimum Gasteiger partial charge on any atom is -0.291 e. The predicted octanol–water partition coefficient (Wildman–Crippen LogP) is 1.51. The van der Waals surface area contributed by atoms with Crippen molar-refractivity contribution in [3.8, 4) is 0 Å². The Bertz CT molecular complexity index is 564. The molecule has 0 saturated carbocycles. The standard InChI is InChI=1S/C11H11FN4O/c1-7-3-4-8(9(12)5-7)10(17)15-11-13-6-14-16(11)2/h3-6H,1-2H3,(H,13,14,15,17). The lowest BCUT2D eigenvalue weighted by Crippen LogP contribution is -2.16. The van der Waals surface area contributed by atoms with Crippen LogP contribution in [0.25, 0.3) is 0 Å². The summed E-state index contributed by atoms with van der Waals surface area (Å²) < 4.78 is 14.9. The number of benzene rings is 1. The molecule has 0 atom stereocenters. The number of anilines is 1. The molecule has 0 bridgehead atoms. The van der Waals surface area contributed by atoms with Crippen LogP contribution in [0, 0.1) is 12.7 Å². The van der Waals surface area contributed by atoms with Gasteiger partial charge in [0.15, 0.2) is 0 Å². The van der Waals surface area contributed by atoms with Crippen LogP contribution in [0.15, 0.2) is 24.5 Å². The molecule has 5 nitrogen and oxygen atoms in total. The molecule has 0 aliphatic heterocycles. The van der Waals surface area contributed by atoms with E-state index in [9.17, 15) is 9.18 Å². The van der Waals surface area contributed by atoms with E-state index in [0.29, 0.717) is 0 Å². The van der Waals surface area contributed by atoms with E-state index < -0.39 is 11.7 Å². The molecule has 1 heterocycles. The minimum atomic E-state index is -0.551. The quantitative estimate of drug-likeness (QED) is 0.856. The molecule has 0 saturated heterocycles. The summed E-state index contributed by atoms with van der Waals surface area (Å²) in [6.45, 7) is 1.76. The summed E-state index contributed by atoms with van der Waals surface area (Å²) in [5.41, 5.74) is 0.747. The monoisotopic (exact) mass is 234 g/mol. The van der Waals surface area contributed by atoms with Crippen molar-refractivity contribution in [2.45, 2.75) is 6.92 Å². The van der Waals surface area contributed by atoms with Crippen molar-refractivity contribution < 1.29 is 9.18 Å². The van der Waals surface area contributed by atoms with Crippen molar-refractivity contribution in [3.05, 3.63) is 41.5 Å². The molecule has 6 heteroatoms. The first-order valence-electron chi connectivity index (χ1n) is 4.99. The molecule has 1 amide bonds. The Kier molecular flexibility index (Phi) is 2.86. The van der Waals surface area contributed by atoms with Gasteiger partial charge in [-0.1, -0.05) is 6.07 Å². The third kappa shape index (κ3) is 2.30. The molecule has 0 aliphatic carbocycles. The van der Waals surface area contributed by atoms with Gasteiger partial charge in [-0.3, -0.25) is 10.1 Å². The second kappa shape index (κ2) is 4.32. The number of nitrogens with zero attached hydrogens (tertiary/aromatic N) is 3. The summed E-state index contributed by atoms with van der Waals surface area (Å²) >= 11 is 0. The van der Waals surface area contributed by atoms with Gasteiger partial charge in [0.05, 0.1) is 5.56 Å². The summed E-state index contributed by atoms with van der Waals surface area (Å²) in [6.07, 6.45) is 1.31. The molecule has 1 aromatic carbocycles. The highest BCUT2D eigenvalue weighted by Gasteiger charge is 2.13. The summed E-state index contributed by atoms with van der Waals surface area (Å²) in [5, 5.41) is 6.27. The highest BCUT2D eigenvalue weighted by molar-refractivity contribution is 6.03. The van der Waals surface area contributed by atoms with Crippen LogP contribution in [0.2, 0.25) is 0 Å². The Labute approximate surface area is 97.3 Å². The van der Waals surface area contributed by atoms with Gasteiger partial charge in [-0.15, -0.1) is 0 Å². The van der Waals surface area contributed by atoms with Crippen LogP contribution >= 0.6 is 0 Å². The van der Waals surface area contributed by atoms with E-state index in [-0.39, 0.29) is 11.5 Å². The van der Waals surface area contributed by atoms with Gasteiger partial charge in [0.1, 0.15) is 12.1 Å². The third-order valence-electron chi connectivity index (χ3n) is 2.31. The third-order valence-corrected chi connectivity index (χ3v) is 2.31. The molecule has 0 unspecified atom stereocenters. The van der Waals surface area contributed by atoms with Crippen LogP contribution < -0.4 is 5.32 Å². The molecule has 1 aromatic heterocycles. The van der Waals surface area contributed by atoms with Crippen LogP contribution in [0.5, 0.6) is 0 Å². The van der Waals surface area contributed by atoms with Gasteiger partial charge in [0, 0.05) is 7.05 Å². The second-order valence-corrected chi connectivity index (χ2v) is 3.64. The summed E-state index contributed by atoms with van der Waals surface area (Å²) in [4.78, 5) is 15.6. The summed E-state index contributed by atoms with van der Waals surface area (Å²) in [7, 11) is 1.63. The molecule has 0 fully saturated rings.